The third-order valence-electron chi connectivity index (χ3n) is 1.31. The molecule has 0 saturated heterocycles. The minimum Gasteiger partial charge on any atom is -0.383 e. The SMILES string of the molecule is C=C(Br)/C=C\c1cccnc1N. The Kier molecular flexibility index (Phi) is 3.05. The van der Waals surface area contributed by atoms with Crippen molar-refractivity contribution < 1.29 is 0 Å². The Bertz CT molecular complexity index is 318. The van der Waals surface area contributed by atoms with Gasteiger partial charge in [0.15, 0.2) is 0 Å². The van der Waals surface area contributed by atoms with E-state index in [1.165, 1.54) is 0 Å². The topological polar surface area (TPSA) is 38.9 Å². The summed E-state index contributed by atoms with van der Waals surface area (Å²) in [6, 6.07) is 3.74. The predicted molar refractivity (Wildman–Crippen MR) is 55.8 cm³/mol. The first-order valence-electron chi connectivity index (χ1n) is 3.43. The van der Waals surface area contributed by atoms with Crippen LogP contribution >= 0.6 is 15.9 Å². The molecule has 0 atom stereocenters. The van der Waals surface area contributed by atoms with Crippen LogP contribution in [0.4, 0.5) is 5.82 Å². The van der Waals surface area contributed by atoms with Gasteiger partial charge in [-0.1, -0.05) is 28.6 Å². The molecule has 1 aromatic heterocycles. The van der Waals surface area contributed by atoms with Gasteiger partial charge in [-0.05, 0) is 18.2 Å². The molecule has 2 N–H and O–H groups in total. The Morgan fingerprint density at radius 2 is 2.42 bits per heavy atom. The second kappa shape index (κ2) is 4.07. The standard InChI is InChI=1S/C9H9BrN2/c1-7(10)4-5-8-3-2-6-12-9(8)11/h2-6H,1H2,(H2,11,12)/b5-4-. The van der Waals surface area contributed by atoms with Crippen molar-refractivity contribution in [3.8, 4) is 0 Å². The van der Waals surface area contributed by atoms with E-state index in [0.717, 1.165) is 10.0 Å². The minimum atomic E-state index is 0.530. The summed E-state index contributed by atoms with van der Waals surface area (Å²) in [6.07, 6.45) is 5.35. The van der Waals surface area contributed by atoms with E-state index < -0.39 is 0 Å². The van der Waals surface area contributed by atoms with Crippen molar-refractivity contribution in [1.29, 1.82) is 0 Å². The van der Waals surface area contributed by atoms with Gasteiger partial charge in [0.25, 0.3) is 0 Å². The van der Waals surface area contributed by atoms with Gasteiger partial charge in [-0.3, -0.25) is 0 Å². The molecule has 2 nitrogen and oxygen atoms in total. The zero-order valence-corrected chi connectivity index (χ0v) is 8.08. The molecule has 3 heteroatoms. The predicted octanol–water partition coefficient (Wildman–Crippen LogP) is 2.59. The first kappa shape index (κ1) is 9.00. The average molecular weight is 225 g/mol. The van der Waals surface area contributed by atoms with Crippen molar-refractivity contribution in [2.24, 2.45) is 0 Å². The number of rotatable bonds is 2. The lowest BCUT2D eigenvalue weighted by molar-refractivity contribution is 1.33. The van der Waals surface area contributed by atoms with Gasteiger partial charge in [0, 0.05) is 16.2 Å². The highest BCUT2D eigenvalue weighted by molar-refractivity contribution is 9.11. The first-order chi connectivity index (χ1) is 5.70. The van der Waals surface area contributed by atoms with Crippen LogP contribution in [0.3, 0.4) is 0 Å². The van der Waals surface area contributed by atoms with Crippen molar-refractivity contribution in [1.82, 2.24) is 4.98 Å². The van der Waals surface area contributed by atoms with Crippen LogP contribution in [-0.2, 0) is 0 Å². The number of allylic oxidation sites excluding steroid dienone is 2. The Labute approximate surface area is 79.9 Å². The van der Waals surface area contributed by atoms with Crippen molar-refractivity contribution in [2.45, 2.75) is 0 Å². The summed E-state index contributed by atoms with van der Waals surface area (Å²) in [7, 11) is 0. The van der Waals surface area contributed by atoms with E-state index in [4.69, 9.17) is 5.73 Å². The molecule has 0 spiro atoms. The lowest BCUT2D eigenvalue weighted by Gasteiger charge is -1.96. The average Bonchev–Trinajstić information content (AvgIpc) is 2.03. The largest absolute Gasteiger partial charge is 0.383 e. The quantitative estimate of drug-likeness (QED) is 0.785. The maximum atomic E-state index is 5.60. The summed E-state index contributed by atoms with van der Waals surface area (Å²) in [5.41, 5.74) is 6.50. The van der Waals surface area contributed by atoms with Crippen LogP contribution < -0.4 is 5.73 Å². The molecule has 0 aliphatic rings. The Hall–Kier alpha value is -1.09. The van der Waals surface area contributed by atoms with E-state index in [2.05, 4.69) is 27.5 Å². The number of nitrogen functional groups attached to an aromatic ring is 1. The van der Waals surface area contributed by atoms with E-state index in [1.54, 1.807) is 6.20 Å². The Morgan fingerprint density at radius 3 is 3.00 bits per heavy atom. The zero-order chi connectivity index (χ0) is 8.97. The third-order valence-corrected chi connectivity index (χ3v) is 1.58. The van der Waals surface area contributed by atoms with E-state index >= 15 is 0 Å². The van der Waals surface area contributed by atoms with Crippen LogP contribution in [-0.4, -0.2) is 4.98 Å². The van der Waals surface area contributed by atoms with Crippen molar-refractivity contribution in [3.63, 3.8) is 0 Å². The number of pyridine rings is 1. The van der Waals surface area contributed by atoms with Gasteiger partial charge in [-0.25, -0.2) is 4.98 Å². The van der Waals surface area contributed by atoms with Crippen LogP contribution in [0, 0.1) is 0 Å². The molecule has 1 rings (SSSR count). The van der Waals surface area contributed by atoms with Gasteiger partial charge in [-0.2, -0.15) is 0 Å². The van der Waals surface area contributed by atoms with Crippen molar-refractivity contribution >= 4 is 27.8 Å². The molecule has 0 aliphatic heterocycles. The summed E-state index contributed by atoms with van der Waals surface area (Å²) in [5.74, 6) is 0.530. The maximum absolute atomic E-state index is 5.60. The molecule has 62 valence electrons. The molecule has 0 bridgehead atoms. The van der Waals surface area contributed by atoms with E-state index in [9.17, 15) is 0 Å². The normalized spacial score (nSPS) is 10.4. The smallest absolute Gasteiger partial charge is 0.130 e. The highest BCUT2D eigenvalue weighted by Crippen LogP contribution is 2.11. The summed E-state index contributed by atoms with van der Waals surface area (Å²) >= 11 is 3.21. The van der Waals surface area contributed by atoms with Crippen LogP contribution in [0.25, 0.3) is 6.08 Å². The highest BCUT2D eigenvalue weighted by Gasteiger charge is 1.92. The number of hydrogen-bond donors (Lipinski definition) is 1. The molecule has 0 unspecified atom stereocenters. The lowest BCUT2D eigenvalue weighted by atomic mass is 10.2. The summed E-state index contributed by atoms with van der Waals surface area (Å²) in [4.78, 5) is 3.94. The molecule has 0 aliphatic carbocycles. The molecule has 1 aromatic rings. The number of nitrogens with two attached hydrogens (primary N) is 1. The van der Waals surface area contributed by atoms with Gasteiger partial charge in [-0.15, -0.1) is 0 Å². The number of aromatic nitrogens is 1. The number of halogens is 1. The fourth-order valence-corrected chi connectivity index (χ4v) is 0.883. The van der Waals surface area contributed by atoms with Crippen LogP contribution in [0.2, 0.25) is 0 Å². The van der Waals surface area contributed by atoms with Crippen LogP contribution in [0.15, 0.2) is 35.5 Å². The number of hydrogen-bond acceptors (Lipinski definition) is 2. The molecule has 1 heterocycles. The highest BCUT2D eigenvalue weighted by atomic mass is 79.9. The molecular weight excluding hydrogens is 216 g/mol. The lowest BCUT2D eigenvalue weighted by Crippen LogP contribution is -1.91. The van der Waals surface area contributed by atoms with Crippen LogP contribution in [0.5, 0.6) is 0 Å². The van der Waals surface area contributed by atoms with Gasteiger partial charge in [0.2, 0.25) is 0 Å². The van der Waals surface area contributed by atoms with Crippen molar-refractivity contribution in [3.05, 3.63) is 41.0 Å². The molecule has 12 heavy (non-hydrogen) atoms. The maximum Gasteiger partial charge on any atom is 0.130 e. The van der Waals surface area contributed by atoms with Crippen LogP contribution in [0.1, 0.15) is 5.56 Å². The van der Waals surface area contributed by atoms with E-state index in [1.807, 2.05) is 24.3 Å². The Morgan fingerprint density at radius 1 is 1.67 bits per heavy atom. The summed E-state index contributed by atoms with van der Waals surface area (Å²) < 4.78 is 0.811. The zero-order valence-electron chi connectivity index (χ0n) is 6.50. The molecule has 0 radical (unpaired) electrons. The molecule has 0 amide bonds. The van der Waals surface area contributed by atoms with Gasteiger partial charge in [0.1, 0.15) is 5.82 Å². The van der Waals surface area contributed by atoms with Gasteiger partial charge in [0.05, 0.1) is 0 Å². The molecule has 0 saturated carbocycles. The third kappa shape index (κ3) is 2.51. The summed E-state index contributed by atoms with van der Waals surface area (Å²) in [6.45, 7) is 3.67. The molecule has 0 fully saturated rings. The minimum absolute atomic E-state index is 0.530. The van der Waals surface area contributed by atoms with Gasteiger partial charge >= 0.3 is 0 Å². The second-order valence-electron chi connectivity index (χ2n) is 2.26. The van der Waals surface area contributed by atoms with E-state index in [-0.39, 0.29) is 0 Å². The number of nitrogens with zero attached hydrogens (tertiary/aromatic N) is 1. The van der Waals surface area contributed by atoms with Crippen molar-refractivity contribution in [2.75, 3.05) is 5.73 Å². The molecule has 0 aromatic carbocycles. The molecular formula is C9H9BrN2. The monoisotopic (exact) mass is 224 g/mol. The first-order valence-corrected chi connectivity index (χ1v) is 4.22. The fraction of sp³-hybridized carbons (Fsp3) is 0. The van der Waals surface area contributed by atoms with E-state index in [0.29, 0.717) is 5.82 Å². The number of anilines is 1. The van der Waals surface area contributed by atoms with Gasteiger partial charge < -0.3 is 5.73 Å². The summed E-state index contributed by atoms with van der Waals surface area (Å²) in [5, 5.41) is 0. The fourth-order valence-electron chi connectivity index (χ4n) is 0.751. The second-order valence-corrected chi connectivity index (χ2v) is 3.28. The Balaban J connectivity index is 2.89.